The zero-order valence-electron chi connectivity index (χ0n) is 12.6. The Kier molecular flexibility index (Phi) is 5.11. The van der Waals surface area contributed by atoms with Crippen molar-refractivity contribution in [2.75, 3.05) is 24.5 Å². The molecule has 0 saturated heterocycles. The molecule has 1 aromatic heterocycles. The first-order valence-electron chi connectivity index (χ1n) is 7.28. The normalized spacial score (nSPS) is 10.8. The highest BCUT2D eigenvalue weighted by Crippen LogP contribution is 2.23. The Labute approximate surface area is 125 Å². The van der Waals surface area contributed by atoms with Crippen LogP contribution in [0.5, 0.6) is 0 Å². The van der Waals surface area contributed by atoms with Crippen molar-refractivity contribution in [3.8, 4) is 0 Å². The lowest BCUT2D eigenvalue weighted by atomic mass is 10.1. The second-order valence-corrected chi connectivity index (χ2v) is 4.92. The highest BCUT2D eigenvalue weighted by atomic mass is 16.1. The molecule has 1 amide bonds. The van der Waals surface area contributed by atoms with E-state index in [0.29, 0.717) is 6.54 Å². The number of aromatic nitrogens is 1. The lowest BCUT2D eigenvalue weighted by Gasteiger charge is -2.23. The van der Waals surface area contributed by atoms with Gasteiger partial charge in [0, 0.05) is 24.0 Å². The molecule has 0 radical (unpaired) electrons. The monoisotopic (exact) mass is 286 g/mol. The van der Waals surface area contributed by atoms with Crippen LogP contribution < -0.4 is 16.0 Å². The molecule has 5 heteroatoms. The average Bonchev–Trinajstić information content (AvgIpc) is 2.49. The lowest BCUT2D eigenvalue weighted by molar-refractivity contribution is -0.116. The van der Waals surface area contributed by atoms with Crippen LogP contribution in [0.2, 0.25) is 0 Å². The smallest absolute Gasteiger partial charge is 0.236 e. The number of rotatable bonds is 7. The largest absolute Gasteiger partial charge is 0.368 e. The molecule has 0 saturated carbocycles. The third-order valence-electron chi connectivity index (χ3n) is 3.37. The van der Waals surface area contributed by atoms with Crippen LogP contribution in [0, 0.1) is 0 Å². The van der Waals surface area contributed by atoms with E-state index in [9.17, 15) is 4.79 Å². The SMILES string of the molecule is CCNCc1cc2ccccc2nc1N(CC)CC(N)=O. The van der Waals surface area contributed by atoms with E-state index in [1.165, 1.54) is 0 Å². The van der Waals surface area contributed by atoms with E-state index < -0.39 is 0 Å². The molecule has 0 atom stereocenters. The number of fused-ring (bicyclic) bond motifs is 1. The molecule has 2 aromatic rings. The van der Waals surface area contributed by atoms with E-state index in [1.54, 1.807) is 0 Å². The number of hydrogen-bond donors (Lipinski definition) is 2. The summed E-state index contributed by atoms with van der Waals surface area (Å²) in [5, 5.41) is 4.42. The van der Waals surface area contributed by atoms with Gasteiger partial charge in [-0.1, -0.05) is 25.1 Å². The Morgan fingerprint density at radius 2 is 2.10 bits per heavy atom. The molecule has 0 unspecified atom stereocenters. The minimum atomic E-state index is -0.346. The first-order chi connectivity index (χ1) is 10.2. The predicted molar refractivity (Wildman–Crippen MR) is 86.2 cm³/mol. The van der Waals surface area contributed by atoms with E-state index in [1.807, 2.05) is 36.1 Å². The number of carbonyl (C=O) groups is 1. The number of anilines is 1. The summed E-state index contributed by atoms with van der Waals surface area (Å²) in [6, 6.07) is 10.1. The van der Waals surface area contributed by atoms with Crippen molar-refractivity contribution in [1.82, 2.24) is 10.3 Å². The maximum atomic E-state index is 11.3. The summed E-state index contributed by atoms with van der Waals surface area (Å²) in [6.07, 6.45) is 0. The Balaban J connectivity index is 2.48. The lowest BCUT2D eigenvalue weighted by Crippen LogP contribution is -2.35. The summed E-state index contributed by atoms with van der Waals surface area (Å²) in [5.74, 6) is 0.483. The van der Waals surface area contributed by atoms with Crippen LogP contribution >= 0.6 is 0 Å². The van der Waals surface area contributed by atoms with Crippen molar-refractivity contribution >= 4 is 22.6 Å². The molecule has 0 fully saturated rings. The first-order valence-corrected chi connectivity index (χ1v) is 7.28. The summed E-state index contributed by atoms with van der Waals surface area (Å²) in [4.78, 5) is 17.9. The fourth-order valence-electron chi connectivity index (χ4n) is 2.34. The van der Waals surface area contributed by atoms with Gasteiger partial charge in [0.1, 0.15) is 5.82 Å². The third kappa shape index (κ3) is 3.70. The van der Waals surface area contributed by atoms with E-state index in [-0.39, 0.29) is 12.5 Å². The maximum absolute atomic E-state index is 11.3. The molecule has 21 heavy (non-hydrogen) atoms. The molecule has 0 bridgehead atoms. The molecule has 0 aliphatic rings. The van der Waals surface area contributed by atoms with Crippen LogP contribution in [0.1, 0.15) is 19.4 Å². The molecule has 3 N–H and O–H groups in total. The van der Waals surface area contributed by atoms with E-state index in [2.05, 4.69) is 18.3 Å². The zero-order chi connectivity index (χ0) is 15.2. The zero-order valence-corrected chi connectivity index (χ0v) is 12.6. The van der Waals surface area contributed by atoms with Gasteiger partial charge in [-0.3, -0.25) is 4.79 Å². The summed E-state index contributed by atoms with van der Waals surface area (Å²) in [6.45, 7) is 6.54. The Morgan fingerprint density at radius 1 is 1.33 bits per heavy atom. The molecule has 1 heterocycles. The molecule has 0 aliphatic carbocycles. The van der Waals surface area contributed by atoms with E-state index in [0.717, 1.165) is 35.4 Å². The highest BCUT2D eigenvalue weighted by Gasteiger charge is 2.14. The van der Waals surface area contributed by atoms with Crippen LogP contribution in [0.15, 0.2) is 30.3 Å². The third-order valence-corrected chi connectivity index (χ3v) is 3.37. The van der Waals surface area contributed by atoms with Gasteiger partial charge in [0.2, 0.25) is 5.91 Å². The van der Waals surface area contributed by atoms with Gasteiger partial charge in [0.15, 0.2) is 0 Å². The molecule has 0 aliphatic heterocycles. The van der Waals surface area contributed by atoms with Gasteiger partial charge in [-0.05, 0) is 25.6 Å². The fourth-order valence-corrected chi connectivity index (χ4v) is 2.34. The van der Waals surface area contributed by atoms with Crippen LogP contribution in [0.4, 0.5) is 5.82 Å². The topological polar surface area (TPSA) is 71.2 Å². The molecular formula is C16H22N4O. The molecule has 2 rings (SSSR count). The van der Waals surface area contributed by atoms with Gasteiger partial charge in [0.25, 0.3) is 0 Å². The molecule has 112 valence electrons. The number of nitrogens with two attached hydrogens (primary N) is 1. The van der Waals surface area contributed by atoms with Crippen LogP contribution in [-0.4, -0.2) is 30.5 Å². The first kappa shape index (κ1) is 15.3. The quantitative estimate of drug-likeness (QED) is 0.812. The second kappa shape index (κ2) is 7.04. The fraction of sp³-hybridized carbons (Fsp3) is 0.375. The van der Waals surface area contributed by atoms with Crippen molar-refractivity contribution in [2.45, 2.75) is 20.4 Å². The van der Waals surface area contributed by atoms with E-state index in [4.69, 9.17) is 10.7 Å². The molecular weight excluding hydrogens is 264 g/mol. The Hall–Kier alpha value is -2.14. The number of nitrogens with one attached hydrogen (secondary N) is 1. The van der Waals surface area contributed by atoms with Gasteiger partial charge in [-0.25, -0.2) is 4.98 Å². The average molecular weight is 286 g/mol. The number of amides is 1. The van der Waals surface area contributed by atoms with Crippen LogP contribution in [0.25, 0.3) is 10.9 Å². The summed E-state index contributed by atoms with van der Waals surface area (Å²) >= 11 is 0. The van der Waals surface area contributed by atoms with E-state index >= 15 is 0 Å². The molecule has 5 nitrogen and oxygen atoms in total. The van der Waals surface area contributed by atoms with Gasteiger partial charge in [0.05, 0.1) is 12.1 Å². The Morgan fingerprint density at radius 3 is 2.76 bits per heavy atom. The Bertz CT molecular complexity index is 627. The van der Waals surface area contributed by atoms with Gasteiger partial charge in [-0.2, -0.15) is 0 Å². The standard InChI is InChI=1S/C16H22N4O/c1-3-18-10-13-9-12-7-5-6-8-14(12)19-16(13)20(4-2)11-15(17)21/h5-9,18H,3-4,10-11H2,1-2H3,(H2,17,21). The number of pyridine rings is 1. The van der Waals surface area contributed by atoms with Gasteiger partial charge >= 0.3 is 0 Å². The van der Waals surface area contributed by atoms with Gasteiger partial charge in [-0.15, -0.1) is 0 Å². The summed E-state index contributed by atoms with van der Waals surface area (Å²) in [5.41, 5.74) is 7.35. The minimum Gasteiger partial charge on any atom is -0.368 e. The van der Waals surface area contributed by atoms with Gasteiger partial charge < -0.3 is 16.0 Å². The van der Waals surface area contributed by atoms with Crippen molar-refractivity contribution in [3.05, 3.63) is 35.9 Å². The number of benzene rings is 1. The minimum absolute atomic E-state index is 0.182. The number of primary amides is 1. The molecule has 0 spiro atoms. The summed E-state index contributed by atoms with van der Waals surface area (Å²) in [7, 11) is 0. The van der Waals surface area contributed by atoms with Crippen LogP contribution in [-0.2, 0) is 11.3 Å². The second-order valence-electron chi connectivity index (χ2n) is 4.92. The number of carbonyl (C=O) groups excluding carboxylic acids is 1. The van der Waals surface area contributed by atoms with Crippen LogP contribution in [0.3, 0.4) is 0 Å². The number of likely N-dealkylation sites (N-methyl/N-ethyl adjacent to an activating group) is 1. The predicted octanol–water partition coefficient (Wildman–Crippen LogP) is 1.66. The number of nitrogens with zero attached hydrogens (tertiary/aromatic N) is 2. The summed E-state index contributed by atoms with van der Waals surface area (Å²) < 4.78 is 0. The number of para-hydroxylation sites is 1. The number of hydrogen-bond acceptors (Lipinski definition) is 4. The van der Waals surface area contributed by atoms with Crippen molar-refractivity contribution in [1.29, 1.82) is 0 Å². The maximum Gasteiger partial charge on any atom is 0.236 e. The van der Waals surface area contributed by atoms with Crippen molar-refractivity contribution in [2.24, 2.45) is 5.73 Å². The highest BCUT2D eigenvalue weighted by molar-refractivity contribution is 5.84. The molecule has 1 aromatic carbocycles. The van der Waals surface area contributed by atoms with Crippen molar-refractivity contribution in [3.63, 3.8) is 0 Å². The van der Waals surface area contributed by atoms with Crippen molar-refractivity contribution < 1.29 is 4.79 Å².